The average molecular weight is 353 g/mol. The number of para-hydroxylation sites is 1. The standard InChI is InChI=1S/C20H23N3OS/c1-4-23-10-6-8-15-7-5-9-18(19(15)23)25(24)20-21-16-11-13(2)14(3)12-17(16)22-20/h5,7,9,11-12H,4,6,8,10H2,1-3H3,(H,21,22). The molecule has 0 radical (unpaired) electrons. The average Bonchev–Trinajstić information content (AvgIpc) is 3.03. The van der Waals surface area contributed by atoms with E-state index in [4.69, 9.17) is 0 Å². The van der Waals surface area contributed by atoms with Gasteiger partial charge in [-0.2, -0.15) is 0 Å². The highest BCUT2D eigenvalue weighted by Crippen LogP contribution is 2.34. The van der Waals surface area contributed by atoms with Crippen molar-refractivity contribution in [2.45, 2.75) is 43.7 Å². The number of aromatic amines is 1. The van der Waals surface area contributed by atoms with E-state index in [0.29, 0.717) is 5.16 Å². The second-order valence-corrected chi connectivity index (χ2v) is 8.08. The van der Waals surface area contributed by atoms with E-state index in [-0.39, 0.29) is 0 Å². The van der Waals surface area contributed by atoms with Gasteiger partial charge < -0.3 is 9.88 Å². The number of anilines is 1. The molecule has 1 aliphatic rings. The summed E-state index contributed by atoms with van der Waals surface area (Å²) >= 11 is 0. The number of rotatable bonds is 3. The van der Waals surface area contributed by atoms with E-state index in [1.165, 1.54) is 16.7 Å². The second-order valence-electron chi connectivity index (χ2n) is 6.71. The first kappa shape index (κ1) is 16.3. The summed E-state index contributed by atoms with van der Waals surface area (Å²) in [5.74, 6) is 0. The van der Waals surface area contributed by atoms with Gasteiger partial charge in [-0.3, -0.25) is 0 Å². The summed E-state index contributed by atoms with van der Waals surface area (Å²) in [6.07, 6.45) is 2.20. The maximum Gasteiger partial charge on any atom is 0.202 e. The molecule has 0 saturated carbocycles. The highest BCUT2D eigenvalue weighted by Gasteiger charge is 2.24. The molecule has 130 valence electrons. The molecule has 1 atom stereocenters. The number of benzene rings is 2. The van der Waals surface area contributed by atoms with Gasteiger partial charge in [0.05, 0.1) is 21.6 Å². The maximum atomic E-state index is 13.3. The van der Waals surface area contributed by atoms with Gasteiger partial charge in [0, 0.05) is 13.1 Å². The van der Waals surface area contributed by atoms with Gasteiger partial charge in [-0.15, -0.1) is 0 Å². The van der Waals surface area contributed by atoms with Crippen LogP contribution in [0.3, 0.4) is 0 Å². The van der Waals surface area contributed by atoms with Gasteiger partial charge in [0.25, 0.3) is 0 Å². The summed E-state index contributed by atoms with van der Waals surface area (Å²) < 4.78 is 13.3. The second kappa shape index (κ2) is 6.30. The van der Waals surface area contributed by atoms with Crippen molar-refractivity contribution in [2.75, 3.05) is 18.0 Å². The molecule has 1 aliphatic heterocycles. The maximum absolute atomic E-state index is 13.3. The number of imidazole rings is 1. The van der Waals surface area contributed by atoms with E-state index < -0.39 is 10.8 Å². The van der Waals surface area contributed by atoms with Crippen LogP contribution in [0.2, 0.25) is 0 Å². The van der Waals surface area contributed by atoms with Crippen LogP contribution in [0.5, 0.6) is 0 Å². The van der Waals surface area contributed by atoms with Crippen LogP contribution in [-0.4, -0.2) is 27.3 Å². The normalized spacial score (nSPS) is 15.4. The molecule has 5 heteroatoms. The number of hydrogen-bond donors (Lipinski definition) is 1. The smallest absolute Gasteiger partial charge is 0.202 e. The number of aromatic nitrogens is 2. The van der Waals surface area contributed by atoms with Gasteiger partial charge in [-0.1, -0.05) is 12.1 Å². The van der Waals surface area contributed by atoms with Gasteiger partial charge in [0.2, 0.25) is 5.16 Å². The molecule has 0 fully saturated rings. The molecule has 25 heavy (non-hydrogen) atoms. The van der Waals surface area contributed by atoms with Crippen molar-refractivity contribution in [3.63, 3.8) is 0 Å². The van der Waals surface area contributed by atoms with Crippen LogP contribution in [0.15, 0.2) is 40.4 Å². The van der Waals surface area contributed by atoms with E-state index in [1.54, 1.807) is 0 Å². The van der Waals surface area contributed by atoms with E-state index in [0.717, 1.165) is 47.5 Å². The van der Waals surface area contributed by atoms with Crippen LogP contribution in [0, 0.1) is 13.8 Å². The summed E-state index contributed by atoms with van der Waals surface area (Å²) in [5.41, 5.74) is 6.67. The Morgan fingerprint density at radius 3 is 2.84 bits per heavy atom. The third kappa shape index (κ3) is 2.76. The summed E-state index contributed by atoms with van der Waals surface area (Å²) in [4.78, 5) is 11.1. The lowest BCUT2D eigenvalue weighted by molar-refractivity contribution is 0.671. The lowest BCUT2D eigenvalue weighted by atomic mass is 10.0. The minimum absolute atomic E-state index is 0.537. The number of fused-ring (bicyclic) bond motifs is 2. The molecular weight excluding hydrogens is 330 g/mol. The Morgan fingerprint density at radius 1 is 1.24 bits per heavy atom. The van der Waals surface area contributed by atoms with Crippen molar-refractivity contribution in [1.29, 1.82) is 0 Å². The fourth-order valence-electron chi connectivity index (χ4n) is 3.60. The molecule has 0 spiro atoms. The monoisotopic (exact) mass is 353 g/mol. The van der Waals surface area contributed by atoms with Gasteiger partial charge >= 0.3 is 0 Å². The van der Waals surface area contributed by atoms with Crippen molar-refractivity contribution in [2.24, 2.45) is 0 Å². The number of nitrogens with zero attached hydrogens (tertiary/aromatic N) is 2. The molecule has 0 aliphatic carbocycles. The Kier molecular flexibility index (Phi) is 4.12. The predicted molar refractivity (Wildman–Crippen MR) is 103 cm³/mol. The van der Waals surface area contributed by atoms with E-state index >= 15 is 0 Å². The van der Waals surface area contributed by atoms with Gasteiger partial charge in [-0.25, -0.2) is 9.19 Å². The summed E-state index contributed by atoms with van der Waals surface area (Å²) in [6.45, 7) is 8.27. The van der Waals surface area contributed by atoms with Crippen molar-refractivity contribution in [3.8, 4) is 0 Å². The third-order valence-corrected chi connectivity index (χ3v) is 6.38. The molecule has 1 N–H and O–H groups in total. The van der Waals surface area contributed by atoms with Crippen LogP contribution >= 0.6 is 0 Å². The van der Waals surface area contributed by atoms with Crippen molar-refractivity contribution < 1.29 is 4.21 Å². The summed E-state index contributed by atoms with van der Waals surface area (Å²) in [6, 6.07) is 10.3. The van der Waals surface area contributed by atoms with E-state index in [2.05, 4.69) is 53.8 Å². The van der Waals surface area contributed by atoms with Crippen molar-refractivity contribution >= 4 is 27.5 Å². The topological polar surface area (TPSA) is 49.0 Å². The molecule has 2 aromatic carbocycles. The molecule has 0 amide bonds. The first-order valence-electron chi connectivity index (χ1n) is 8.84. The lowest BCUT2D eigenvalue weighted by Gasteiger charge is -2.31. The van der Waals surface area contributed by atoms with Crippen LogP contribution < -0.4 is 4.90 Å². The van der Waals surface area contributed by atoms with E-state index in [1.807, 2.05) is 12.1 Å². The minimum Gasteiger partial charge on any atom is -0.371 e. The van der Waals surface area contributed by atoms with Crippen LogP contribution in [0.25, 0.3) is 11.0 Å². The van der Waals surface area contributed by atoms with Gasteiger partial charge in [-0.05, 0) is 68.5 Å². The predicted octanol–water partition coefficient (Wildman–Crippen LogP) is 4.12. The van der Waals surface area contributed by atoms with Crippen LogP contribution in [0.1, 0.15) is 30.0 Å². The van der Waals surface area contributed by atoms with Crippen molar-refractivity contribution in [3.05, 3.63) is 47.0 Å². The molecule has 1 aromatic heterocycles. The summed E-state index contributed by atoms with van der Waals surface area (Å²) in [5, 5.41) is 0.537. The Bertz CT molecular complexity index is 937. The Morgan fingerprint density at radius 2 is 2.04 bits per heavy atom. The zero-order valence-electron chi connectivity index (χ0n) is 14.9. The molecule has 2 heterocycles. The van der Waals surface area contributed by atoms with Gasteiger partial charge in [0.1, 0.15) is 10.8 Å². The molecular formula is C20H23N3OS. The number of aryl methyl sites for hydroxylation is 3. The fraction of sp³-hybridized carbons (Fsp3) is 0.350. The number of H-pyrrole nitrogens is 1. The van der Waals surface area contributed by atoms with E-state index in [9.17, 15) is 4.21 Å². The van der Waals surface area contributed by atoms with Crippen molar-refractivity contribution in [1.82, 2.24) is 9.97 Å². The Balaban J connectivity index is 1.82. The molecule has 1 unspecified atom stereocenters. The number of hydrogen-bond acceptors (Lipinski definition) is 3. The fourth-order valence-corrected chi connectivity index (χ4v) is 4.83. The highest BCUT2D eigenvalue weighted by atomic mass is 32.2. The first-order chi connectivity index (χ1) is 12.1. The van der Waals surface area contributed by atoms with Gasteiger partial charge in [0.15, 0.2) is 0 Å². The lowest BCUT2D eigenvalue weighted by Crippen LogP contribution is -2.30. The molecule has 3 aromatic rings. The van der Waals surface area contributed by atoms with Crippen LogP contribution in [0.4, 0.5) is 5.69 Å². The Hall–Kier alpha value is -2.14. The zero-order valence-corrected chi connectivity index (χ0v) is 15.7. The zero-order chi connectivity index (χ0) is 17.6. The number of nitrogens with one attached hydrogen (secondary N) is 1. The first-order valence-corrected chi connectivity index (χ1v) is 9.99. The molecule has 4 nitrogen and oxygen atoms in total. The quantitative estimate of drug-likeness (QED) is 0.770. The third-order valence-electron chi connectivity index (χ3n) is 5.11. The SMILES string of the molecule is CCN1CCCc2cccc(S(=O)c3nc4cc(C)c(C)cc4[nH]3)c21. The molecule has 4 rings (SSSR count). The molecule has 0 saturated heterocycles. The minimum atomic E-state index is -1.31. The Labute approximate surface area is 150 Å². The van der Waals surface area contributed by atoms with Crippen LogP contribution in [-0.2, 0) is 17.2 Å². The molecule has 0 bridgehead atoms. The largest absolute Gasteiger partial charge is 0.371 e. The summed E-state index contributed by atoms with van der Waals surface area (Å²) in [7, 11) is -1.31. The highest BCUT2D eigenvalue weighted by molar-refractivity contribution is 7.85.